The maximum Gasteiger partial charge on any atom is 0.302 e. The lowest BCUT2D eigenvalue weighted by molar-refractivity contribution is -0.154. The Labute approximate surface area is 178 Å². The summed E-state index contributed by atoms with van der Waals surface area (Å²) in [5.41, 5.74) is 5.03. The van der Waals surface area contributed by atoms with Crippen LogP contribution in [0.1, 0.15) is 87.8 Å². The average Bonchev–Trinajstić information content (AvgIpc) is 2.98. The zero-order valence-electron chi connectivity index (χ0n) is 19.2. The quantitative estimate of drug-likeness (QED) is 0.409. The van der Waals surface area contributed by atoms with E-state index in [1.807, 2.05) is 0 Å². The summed E-state index contributed by atoms with van der Waals surface area (Å²) in [7, 11) is 0. The topological polar surface area (TPSA) is 26.3 Å². The molecule has 3 heteroatoms. The van der Waals surface area contributed by atoms with E-state index in [0.717, 1.165) is 19.1 Å². The zero-order valence-corrected chi connectivity index (χ0v) is 19.2. The Hall–Kier alpha value is -1.25. The number of rotatable bonds is 5. The van der Waals surface area contributed by atoms with E-state index in [1.165, 1.54) is 50.4 Å². The molecule has 0 aliphatic heterocycles. The molecule has 0 saturated heterocycles. The molecule has 3 aliphatic rings. The summed E-state index contributed by atoms with van der Waals surface area (Å²) in [6.45, 7) is 11.8. The molecule has 2 saturated carbocycles. The van der Waals surface area contributed by atoms with Crippen LogP contribution in [-0.4, -0.2) is 18.8 Å². The van der Waals surface area contributed by atoms with Gasteiger partial charge in [0.25, 0.3) is 0 Å². The number of esters is 1. The van der Waals surface area contributed by atoms with Gasteiger partial charge < -0.3 is 4.74 Å². The smallest absolute Gasteiger partial charge is 0.302 e. The van der Waals surface area contributed by atoms with Gasteiger partial charge in [-0.05, 0) is 78.9 Å². The Morgan fingerprint density at radius 2 is 2.00 bits per heavy atom. The number of carbonyl (C=O) groups is 1. The van der Waals surface area contributed by atoms with E-state index in [9.17, 15) is 4.79 Å². The molecular weight excluding hydrogens is 355 g/mol. The van der Waals surface area contributed by atoms with E-state index in [-0.39, 0.29) is 17.5 Å². The van der Waals surface area contributed by atoms with Gasteiger partial charge in [-0.1, -0.05) is 58.4 Å². The van der Waals surface area contributed by atoms with Crippen molar-refractivity contribution >= 4 is 12.7 Å². The maximum absolute atomic E-state index is 11.7. The lowest BCUT2D eigenvalue weighted by atomic mass is 9.45. The largest absolute Gasteiger partial charge is 0.462 e. The summed E-state index contributed by atoms with van der Waals surface area (Å²) < 4.78 is 5.83. The highest BCUT2D eigenvalue weighted by Crippen LogP contribution is 2.63. The Morgan fingerprint density at radius 1 is 1.21 bits per heavy atom. The second-order valence-corrected chi connectivity index (χ2v) is 10.9. The van der Waals surface area contributed by atoms with Crippen molar-refractivity contribution in [3.8, 4) is 0 Å². The molecule has 0 heterocycles. The van der Waals surface area contributed by atoms with E-state index in [4.69, 9.17) is 4.74 Å². The highest BCUT2D eigenvalue weighted by molar-refractivity contribution is 6.55. The maximum atomic E-state index is 11.7. The van der Waals surface area contributed by atoms with Crippen LogP contribution in [0.4, 0.5) is 0 Å². The molecule has 0 bridgehead atoms. The minimum Gasteiger partial charge on any atom is -0.462 e. The summed E-state index contributed by atoms with van der Waals surface area (Å²) in [6.07, 6.45) is 9.90. The zero-order chi connectivity index (χ0) is 20.8. The molecule has 0 N–H and O–H groups in total. The molecule has 0 aromatic heterocycles. The SMILES string of the molecule is CCCc1ccc2c(c1)C(CB(C)C)CC1C3CCC(OC(C)=O)C3(C)CC[C@H]21. The molecule has 0 spiro atoms. The van der Waals surface area contributed by atoms with Crippen LogP contribution in [0.15, 0.2) is 18.2 Å². The Morgan fingerprint density at radius 3 is 2.69 bits per heavy atom. The molecule has 6 atom stereocenters. The first-order chi connectivity index (χ1) is 13.8. The first-order valence-corrected chi connectivity index (χ1v) is 12.1. The summed E-state index contributed by atoms with van der Waals surface area (Å²) in [6, 6.07) is 7.46. The van der Waals surface area contributed by atoms with Crippen molar-refractivity contribution in [1.82, 2.24) is 0 Å². The molecule has 3 aliphatic carbocycles. The lowest BCUT2D eigenvalue weighted by Gasteiger charge is -2.52. The highest BCUT2D eigenvalue weighted by atomic mass is 16.5. The van der Waals surface area contributed by atoms with Gasteiger partial charge in [0, 0.05) is 12.3 Å². The van der Waals surface area contributed by atoms with Crippen molar-refractivity contribution in [1.29, 1.82) is 0 Å². The first-order valence-electron chi connectivity index (χ1n) is 12.1. The standard InChI is InChI=1S/C26H39BO2/c1-6-7-18-8-9-20-21-12-13-26(3)24(10-11-25(26)29-17(2)28)23(21)15-19(16-27(4)5)22(20)14-18/h8-9,14,19,21,23-25H,6-7,10-13,15-16H2,1-5H3/t19?,21-,23?,24?,25?,26?/m1/s1. The molecule has 1 aromatic rings. The van der Waals surface area contributed by atoms with Crippen LogP contribution < -0.4 is 0 Å². The summed E-state index contributed by atoms with van der Waals surface area (Å²) in [5, 5.41) is 0. The molecular formula is C26H39BO2. The van der Waals surface area contributed by atoms with E-state index in [0.29, 0.717) is 17.8 Å². The number of aryl methyl sites for hydroxylation is 1. The molecule has 1 aromatic carbocycles. The number of ether oxygens (including phenoxy) is 1. The van der Waals surface area contributed by atoms with Gasteiger partial charge in [0.2, 0.25) is 0 Å². The van der Waals surface area contributed by atoms with Gasteiger partial charge in [0.05, 0.1) is 0 Å². The van der Waals surface area contributed by atoms with Crippen LogP contribution in [0.2, 0.25) is 20.0 Å². The van der Waals surface area contributed by atoms with Crippen LogP contribution in [0.3, 0.4) is 0 Å². The third kappa shape index (κ3) is 3.79. The Kier molecular flexibility index (Phi) is 5.88. The molecule has 2 fully saturated rings. The molecule has 158 valence electrons. The molecule has 2 nitrogen and oxygen atoms in total. The lowest BCUT2D eigenvalue weighted by Crippen LogP contribution is -2.45. The number of hydrogen-bond donors (Lipinski definition) is 0. The average molecular weight is 394 g/mol. The van der Waals surface area contributed by atoms with Gasteiger partial charge in [0.1, 0.15) is 12.8 Å². The van der Waals surface area contributed by atoms with E-state index >= 15 is 0 Å². The summed E-state index contributed by atoms with van der Waals surface area (Å²) >= 11 is 0. The van der Waals surface area contributed by atoms with Crippen LogP contribution in [0, 0.1) is 17.3 Å². The summed E-state index contributed by atoms with van der Waals surface area (Å²) in [4.78, 5) is 11.7. The predicted octanol–water partition coefficient (Wildman–Crippen LogP) is 6.72. The van der Waals surface area contributed by atoms with Crippen molar-refractivity contribution in [2.75, 3.05) is 0 Å². The third-order valence-corrected chi connectivity index (χ3v) is 8.50. The Balaban J connectivity index is 1.67. The number of benzene rings is 1. The van der Waals surface area contributed by atoms with Gasteiger partial charge >= 0.3 is 5.97 Å². The second-order valence-electron chi connectivity index (χ2n) is 10.9. The minimum atomic E-state index is -0.103. The van der Waals surface area contributed by atoms with Crippen molar-refractivity contribution in [3.05, 3.63) is 34.9 Å². The second kappa shape index (κ2) is 8.12. The van der Waals surface area contributed by atoms with Crippen LogP contribution in [0.25, 0.3) is 0 Å². The minimum absolute atomic E-state index is 0.103. The number of fused-ring (bicyclic) bond motifs is 5. The normalized spacial score (nSPS) is 35.4. The summed E-state index contributed by atoms with van der Waals surface area (Å²) in [5.74, 6) is 2.75. The van der Waals surface area contributed by atoms with Gasteiger partial charge in [-0.3, -0.25) is 4.79 Å². The van der Waals surface area contributed by atoms with Crippen molar-refractivity contribution in [2.24, 2.45) is 17.3 Å². The molecule has 4 rings (SSSR count). The molecule has 0 amide bonds. The number of hydrogen-bond acceptors (Lipinski definition) is 2. The third-order valence-electron chi connectivity index (χ3n) is 8.50. The monoisotopic (exact) mass is 394 g/mol. The first kappa shape index (κ1) is 21.0. The van der Waals surface area contributed by atoms with Crippen LogP contribution in [0.5, 0.6) is 0 Å². The number of carbonyl (C=O) groups excluding carboxylic acids is 1. The van der Waals surface area contributed by atoms with Crippen molar-refractivity contribution in [3.63, 3.8) is 0 Å². The van der Waals surface area contributed by atoms with Gasteiger partial charge in [-0.15, -0.1) is 0 Å². The Bertz CT molecular complexity index is 757. The fraction of sp³-hybridized carbons (Fsp3) is 0.731. The van der Waals surface area contributed by atoms with Crippen molar-refractivity contribution in [2.45, 2.75) is 104 Å². The van der Waals surface area contributed by atoms with E-state index in [1.54, 1.807) is 18.1 Å². The van der Waals surface area contributed by atoms with Gasteiger partial charge in [-0.2, -0.15) is 0 Å². The molecule has 0 radical (unpaired) electrons. The van der Waals surface area contributed by atoms with Gasteiger partial charge in [0.15, 0.2) is 0 Å². The van der Waals surface area contributed by atoms with Crippen LogP contribution in [-0.2, 0) is 16.0 Å². The van der Waals surface area contributed by atoms with E-state index in [2.05, 4.69) is 45.7 Å². The molecule has 29 heavy (non-hydrogen) atoms. The van der Waals surface area contributed by atoms with E-state index < -0.39 is 0 Å². The van der Waals surface area contributed by atoms with Crippen molar-refractivity contribution < 1.29 is 9.53 Å². The predicted molar refractivity (Wildman–Crippen MR) is 122 cm³/mol. The van der Waals surface area contributed by atoms with Crippen LogP contribution >= 0.6 is 0 Å². The highest BCUT2D eigenvalue weighted by Gasteiger charge is 2.56. The van der Waals surface area contributed by atoms with Gasteiger partial charge in [-0.25, -0.2) is 0 Å². The molecule has 5 unspecified atom stereocenters. The fourth-order valence-electron chi connectivity index (χ4n) is 7.36. The fourth-order valence-corrected chi connectivity index (χ4v) is 7.36.